The summed E-state index contributed by atoms with van der Waals surface area (Å²) in [7, 11) is 1.88. The average Bonchev–Trinajstić information content (AvgIpc) is 3.45. The minimum Gasteiger partial charge on any atom is -0.329 e. The van der Waals surface area contributed by atoms with E-state index in [9.17, 15) is 9.18 Å². The van der Waals surface area contributed by atoms with Crippen molar-refractivity contribution in [3.05, 3.63) is 83.7 Å². The Hall–Kier alpha value is -4.07. The smallest absolute Gasteiger partial charge is 0.271 e. The average molecular weight is 412 g/mol. The van der Waals surface area contributed by atoms with Crippen LogP contribution in [0.2, 0.25) is 0 Å². The molecule has 31 heavy (non-hydrogen) atoms. The molecular weight excluding hydrogens is 395 g/mol. The Morgan fingerprint density at radius 3 is 2.81 bits per heavy atom. The number of carbonyl (C=O) groups is 1. The summed E-state index contributed by atoms with van der Waals surface area (Å²) in [5.41, 5.74) is 5.31. The first-order valence-corrected chi connectivity index (χ1v) is 9.90. The minimum absolute atomic E-state index is 0.151. The number of carbonyl (C=O) groups excluding carboxylic acids is 1. The van der Waals surface area contributed by atoms with E-state index in [-0.39, 0.29) is 18.3 Å². The zero-order valence-corrected chi connectivity index (χ0v) is 16.7. The SMILES string of the molecule is Cn1cc2cc(-c3ccc(F)c(CN4Cc5ccc6nncn6c5C4=O)c3)ccc2n1. The van der Waals surface area contributed by atoms with Gasteiger partial charge in [0.05, 0.1) is 5.52 Å². The Balaban J connectivity index is 1.34. The number of hydrogen-bond acceptors (Lipinski definition) is 4. The number of fused-ring (bicyclic) bond motifs is 4. The molecule has 5 aromatic rings. The van der Waals surface area contributed by atoms with Gasteiger partial charge >= 0.3 is 0 Å². The Morgan fingerprint density at radius 1 is 1.06 bits per heavy atom. The van der Waals surface area contributed by atoms with Crippen molar-refractivity contribution in [3.63, 3.8) is 0 Å². The van der Waals surface area contributed by atoms with Gasteiger partial charge in [-0.3, -0.25) is 13.9 Å². The van der Waals surface area contributed by atoms with Gasteiger partial charge in [-0.15, -0.1) is 10.2 Å². The number of amides is 1. The van der Waals surface area contributed by atoms with Gasteiger partial charge in [0.15, 0.2) is 5.65 Å². The summed E-state index contributed by atoms with van der Waals surface area (Å²) in [5, 5.41) is 13.3. The van der Waals surface area contributed by atoms with E-state index in [1.807, 2.05) is 49.6 Å². The van der Waals surface area contributed by atoms with Crippen LogP contribution < -0.4 is 0 Å². The van der Waals surface area contributed by atoms with Crippen LogP contribution in [0.3, 0.4) is 0 Å². The molecule has 0 saturated carbocycles. The number of benzene rings is 2. The molecule has 3 aromatic heterocycles. The third kappa shape index (κ3) is 2.79. The normalized spacial score (nSPS) is 13.5. The quantitative estimate of drug-likeness (QED) is 0.454. The maximum absolute atomic E-state index is 14.7. The second kappa shape index (κ2) is 6.46. The van der Waals surface area contributed by atoms with E-state index in [1.165, 1.54) is 12.4 Å². The molecule has 0 saturated heterocycles. The highest BCUT2D eigenvalue weighted by atomic mass is 19.1. The highest BCUT2D eigenvalue weighted by molar-refractivity contribution is 5.97. The van der Waals surface area contributed by atoms with E-state index in [4.69, 9.17) is 0 Å². The first-order chi connectivity index (χ1) is 15.1. The van der Waals surface area contributed by atoms with Crippen LogP contribution >= 0.6 is 0 Å². The molecule has 1 aliphatic heterocycles. The summed E-state index contributed by atoms with van der Waals surface area (Å²) in [6.07, 6.45) is 3.49. The van der Waals surface area contributed by atoms with Gasteiger partial charge < -0.3 is 4.90 Å². The van der Waals surface area contributed by atoms with Crippen molar-refractivity contribution >= 4 is 22.5 Å². The summed E-state index contributed by atoms with van der Waals surface area (Å²) in [4.78, 5) is 14.7. The molecular formula is C23H17FN6O. The number of aromatic nitrogens is 5. The predicted molar refractivity (Wildman–Crippen MR) is 113 cm³/mol. The standard InChI is InChI=1S/C23H17FN6O/c1-28-10-18-9-15(3-6-20(18)27-28)14-2-5-19(24)17(8-14)12-29-11-16-4-7-21-26-25-13-30(21)22(16)23(29)31/h2-10,13H,11-12H2,1H3. The molecule has 0 radical (unpaired) electrons. The van der Waals surface area contributed by atoms with E-state index in [2.05, 4.69) is 15.3 Å². The van der Waals surface area contributed by atoms with Gasteiger partial charge in [-0.1, -0.05) is 18.2 Å². The minimum atomic E-state index is -0.329. The zero-order chi connectivity index (χ0) is 21.1. The molecule has 8 heteroatoms. The molecule has 0 fully saturated rings. The van der Waals surface area contributed by atoms with Crippen LogP contribution in [0.5, 0.6) is 0 Å². The molecule has 152 valence electrons. The molecule has 0 unspecified atom stereocenters. The summed E-state index contributed by atoms with van der Waals surface area (Å²) >= 11 is 0. The van der Waals surface area contributed by atoms with E-state index >= 15 is 0 Å². The Labute approximate surface area is 176 Å². The predicted octanol–water partition coefficient (Wildman–Crippen LogP) is 3.58. The van der Waals surface area contributed by atoms with Crippen molar-refractivity contribution < 1.29 is 9.18 Å². The van der Waals surface area contributed by atoms with Crippen LogP contribution in [0.15, 0.2) is 61.1 Å². The van der Waals surface area contributed by atoms with Gasteiger partial charge in [-0.05, 0) is 41.5 Å². The van der Waals surface area contributed by atoms with Gasteiger partial charge in [-0.2, -0.15) is 5.10 Å². The Bertz CT molecular complexity index is 1500. The molecule has 1 aliphatic rings. The van der Waals surface area contributed by atoms with Crippen molar-refractivity contribution in [3.8, 4) is 11.1 Å². The van der Waals surface area contributed by atoms with Gasteiger partial charge in [-0.25, -0.2) is 4.39 Å². The fourth-order valence-electron chi connectivity index (χ4n) is 4.27. The fraction of sp³-hybridized carbons (Fsp3) is 0.130. The maximum atomic E-state index is 14.7. The number of pyridine rings is 1. The van der Waals surface area contributed by atoms with Gasteiger partial charge in [0, 0.05) is 42.8 Å². The van der Waals surface area contributed by atoms with Crippen LogP contribution in [0.1, 0.15) is 21.6 Å². The van der Waals surface area contributed by atoms with Crippen LogP contribution in [0.25, 0.3) is 27.7 Å². The zero-order valence-electron chi connectivity index (χ0n) is 16.7. The third-order valence-electron chi connectivity index (χ3n) is 5.76. The van der Waals surface area contributed by atoms with Gasteiger partial charge in [0.2, 0.25) is 0 Å². The number of hydrogen-bond donors (Lipinski definition) is 0. The number of nitrogens with zero attached hydrogens (tertiary/aromatic N) is 6. The third-order valence-corrected chi connectivity index (χ3v) is 5.76. The topological polar surface area (TPSA) is 68.3 Å². The highest BCUT2D eigenvalue weighted by Crippen LogP contribution is 2.29. The largest absolute Gasteiger partial charge is 0.329 e. The van der Waals surface area contributed by atoms with E-state index in [0.717, 1.165) is 27.6 Å². The second-order valence-electron chi connectivity index (χ2n) is 7.81. The van der Waals surface area contributed by atoms with E-state index in [1.54, 1.807) is 20.0 Å². The summed E-state index contributed by atoms with van der Waals surface area (Å²) < 4.78 is 18.1. The second-order valence-corrected chi connectivity index (χ2v) is 7.81. The maximum Gasteiger partial charge on any atom is 0.271 e. The van der Waals surface area contributed by atoms with Crippen molar-refractivity contribution in [2.45, 2.75) is 13.1 Å². The number of halogens is 1. The molecule has 0 atom stereocenters. The molecule has 0 spiro atoms. The Morgan fingerprint density at radius 2 is 1.90 bits per heavy atom. The molecule has 7 nitrogen and oxygen atoms in total. The monoisotopic (exact) mass is 412 g/mol. The van der Waals surface area contributed by atoms with Crippen molar-refractivity contribution in [1.82, 2.24) is 29.3 Å². The van der Waals surface area contributed by atoms with Crippen molar-refractivity contribution in [1.29, 1.82) is 0 Å². The molecule has 0 N–H and O–H groups in total. The lowest BCUT2D eigenvalue weighted by Crippen LogP contribution is -2.24. The lowest BCUT2D eigenvalue weighted by atomic mass is 10.0. The van der Waals surface area contributed by atoms with Crippen LogP contribution in [0.4, 0.5) is 4.39 Å². The first-order valence-electron chi connectivity index (χ1n) is 9.90. The highest BCUT2D eigenvalue weighted by Gasteiger charge is 2.30. The lowest BCUT2D eigenvalue weighted by molar-refractivity contribution is 0.0760. The molecule has 1 amide bonds. The summed E-state index contributed by atoms with van der Waals surface area (Å²) in [6.45, 7) is 0.611. The number of aryl methyl sites for hydroxylation is 1. The number of rotatable bonds is 3. The van der Waals surface area contributed by atoms with Crippen LogP contribution in [0, 0.1) is 5.82 Å². The summed E-state index contributed by atoms with van der Waals surface area (Å²) in [6, 6.07) is 14.7. The molecule has 2 aromatic carbocycles. The summed E-state index contributed by atoms with van der Waals surface area (Å²) in [5.74, 6) is -0.480. The molecule has 4 heterocycles. The molecule has 0 bridgehead atoms. The Kier molecular flexibility index (Phi) is 3.70. The van der Waals surface area contributed by atoms with Gasteiger partial charge in [0.1, 0.15) is 17.8 Å². The van der Waals surface area contributed by atoms with Crippen LogP contribution in [-0.4, -0.2) is 35.2 Å². The van der Waals surface area contributed by atoms with Crippen LogP contribution in [-0.2, 0) is 20.1 Å². The molecule has 0 aliphatic carbocycles. The van der Waals surface area contributed by atoms with E-state index < -0.39 is 0 Å². The first kappa shape index (κ1) is 17.8. The fourth-order valence-corrected chi connectivity index (χ4v) is 4.27. The van der Waals surface area contributed by atoms with Crippen molar-refractivity contribution in [2.24, 2.45) is 7.05 Å². The molecule has 6 rings (SSSR count). The lowest BCUT2D eigenvalue weighted by Gasteiger charge is -2.17. The van der Waals surface area contributed by atoms with E-state index in [0.29, 0.717) is 23.4 Å². The van der Waals surface area contributed by atoms with Gasteiger partial charge in [0.25, 0.3) is 5.91 Å². The van der Waals surface area contributed by atoms with Crippen molar-refractivity contribution in [2.75, 3.05) is 0 Å².